The van der Waals surface area contributed by atoms with E-state index in [1.165, 1.54) is 22.9 Å². The van der Waals surface area contributed by atoms with Crippen molar-refractivity contribution in [3.05, 3.63) is 53.1 Å². The van der Waals surface area contributed by atoms with E-state index in [0.717, 1.165) is 12.1 Å². The van der Waals surface area contributed by atoms with Crippen LogP contribution < -0.4 is 5.32 Å². The molecule has 0 radical (unpaired) electrons. The molecule has 0 aliphatic carbocycles. The molecule has 0 atom stereocenters. The van der Waals surface area contributed by atoms with E-state index in [-0.39, 0.29) is 22.9 Å². The van der Waals surface area contributed by atoms with Crippen molar-refractivity contribution in [1.82, 2.24) is 4.57 Å². The van der Waals surface area contributed by atoms with Gasteiger partial charge in [-0.2, -0.15) is 0 Å². The number of halogens is 2. The molecule has 2 aromatic rings. The van der Waals surface area contributed by atoms with Gasteiger partial charge in [-0.15, -0.1) is 0 Å². The van der Waals surface area contributed by atoms with Crippen molar-refractivity contribution in [3.8, 4) is 0 Å². The first kappa shape index (κ1) is 14.1. The lowest BCUT2D eigenvalue weighted by Crippen LogP contribution is -2.19. The van der Waals surface area contributed by atoms with E-state index in [0.29, 0.717) is 0 Å². The first-order valence-corrected chi connectivity index (χ1v) is 5.98. The van der Waals surface area contributed by atoms with Crippen LogP contribution in [-0.4, -0.2) is 21.6 Å². The Morgan fingerprint density at radius 2 is 2.10 bits per heavy atom. The number of carbonyl (C=O) groups is 2. The number of carboxylic acid groups (broad SMARTS) is 1. The number of aliphatic carboxylic acids is 1. The molecule has 2 N–H and O–H groups in total. The predicted molar refractivity (Wildman–Crippen MR) is 71.4 cm³/mol. The lowest BCUT2D eigenvalue weighted by molar-refractivity contribution is -0.137. The molecule has 5 nitrogen and oxygen atoms in total. The Bertz CT molecular complexity index is 649. The summed E-state index contributed by atoms with van der Waals surface area (Å²) >= 11 is 5.68. The molecular formula is C13H10ClFN2O3. The van der Waals surface area contributed by atoms with Gasteiger partial charge in [-0.1, -0.05) is 11.6 Å². The number of benzene rings is 1. The molecule has 7 heteroatoms. The predicted octanol–water partition coefficient (Wildman–Crippen LogP) is 2.62. The molecule has 0 aliphatic rings. The Hall–Kier alpha value is -2.34. The van der Waals surface area contributed by atoms with Crippen LogP contribution in [0.1, 0.15) is 10.5 Å². The Kier molecular flexibility index (Phi) is 4.05. The molecule has 0 saturated carbocycles. The highest BCUT2D eigenvalue weighted by Crippen LogP contribution is 2.18. The van der Waals surface area contributed by atoms with Crippen LogP contribution in [0.2, 0.25) is 5.02 Å². The normalized spacial score (nSPS) is 10.3. The molecule has 1 amide bonds. The first-order chi connectivity index (χ1) is 9.45. The summed E-state index contributed by atoms with van der Waals surface area (Å²) in [6, 6.07) is 6.65. The van der Waals surface area contributed by atoms with Crippen LogP contribution in [0, 0.1) is 5.82 Å². The van der Waals surface area contributed by atoms with Crippen LogP contribution in [-0.2, 0) is 11.3 Å². The van der Waals surface area contributed by atoms with Gasteiger partial charge in [0, 0.05) is 16.9 Å². The van der Waals surface area contributed by atoms with Crippen molar-refractivity contribution in [3.63, 3.8) is 0 Å². The van der Waals surface area contributed by atoms with E-state index in [1.54, 1.807) is 6.07 Å². The molecule has 0 aliphatic heterocycles. The topological polar surface area (TPSA) is 71.3 Å². The van der Waals surface area contributed by atoms with Gasteiger partial charge in [0.15, 0.2) is 0 Å². The maximum absolute atomic E-state index is 13.2. The van der Waals surface area contributed by atoms with Gasteiger partial charge in [0.1, 0.15) is 18.1 Å². The van der Waals surface area contributed by atoms with E-state index >= 15 is 0 Å². The summed E-state index contributed by atoms with van der Waals surface area (Å²) in [5.41, 5.74) is 0.357. The highest BCUT2D eigenvalue weighted by atomic mass is 35.5. The molecule has 0 bridgehead atoms. The first-order valence-electron chi connectivity index (χ1n) is 5.60. The quantitative estimate of drug-likeness (QED) is 0.911. The lowest BCUT2D eigenvalue weighted by atomic mass is 10.3. The number of amides is 1. The van der Waals surface area contributed by atoms with Crippen molar-refractivity contribution < 1.29 is 19.1 Å². The van der Waals surface area contributed by atoms with E-state index in [2.05, 4.69) is 5.32 Å². The van der Waals surface area contributed by atoms with E-state index in [9.17, 15) is 14.0 Å². The van der Waals surface area contributed by atoms with Gasteiger partial charge in [0.05, 0.1) is 0 Å². The van der Waals surface area contributed by atoms with Crippen LogP contribution in [0.4, 0.5) is 10.1 Å². The van der Waals surface area contributed by atoms with Crippen molar-refractivity contribution in [2.75, 3.05) is 5.32 Å². The van der Waals surface area contributed by atoms with Crippen molar-refractivity contribution >= 4 is 29.2 Å². The zero-order chi connectivity index (χ0) is 14.7. The smallest absolute Gasteiger partial charge is 0.323 e. The van der Waals surface area contributed by atoms with Gasteiger partial charge >= 0.3 is 5.97 Å². The minimum atomic E-state index is -1.07. The number of hydrogen-bond acceptors (Lipinski definition) is 2. The lowest BCUT2D eigenvalue weighted by Gasteiger charge is -2.08. The molecule has 104 valence electrons. The van der Waals surface area contributed by atoms with Crippen molar-refractivity contribution in [1.29, 1.82) is 0 Å². The second kappa shape index (κ2) is 5.75. The third-order valence-corrected chi connectivity index (χ3v) is 2.71. The van der Waals surface area contributed by atoms with Crippen LogP contribution in [0.15, 0.2) is 36.5 Å². The van der Waals surface area contributed by atoms with Gasteiger partial charge in [-0.3, -0.25) is 9.59 Å². The number of nitrogens with one attached hydrogen (secondary N) is 1. The highest BCUT2D eigenvalue weighted by molar-refractivity contribution is 6.31. The summed E-state index contributed by atoms with van der Waals surface area (Å²) in [6.07, 6.45) is 1.47. The molecule has 0 unspecified atom stereocenters. The largest absolute Gasteiger partial charge is 0.480 e. The third kappa shape index (κ3) is 3.36. The number of carbonyl (C=O) groups excluding carboxylic acids is 1. The summed E-state index contributed by atoms with van der Waals surface area (Å²) in [5.74, 6) is -2.18. The second-order valence-corrected chi connectivity index (χ2v) is 4.46. The number of rotatable bonds is 4. The molecule has 2 rings (SSSR count). The summed E-state index contributed by atoms with van der Waals surface area (Å²) in [5, 5.41) is 11.4. The summed E-state index contributed by atoms with van der Waals surface area (Å²) in [6.45, 7) is -0.334. The molecule has 0 spiro atoms. The molecular weight excluding hydrogens is 287 g/mol. The van der Waals surface area contributed by atoms with Gasteiger partial charge in [-0.05, 0) is 30.3 Å². The minimum absolute atomic E-state index is 0.154. The maximum Gasteiger partial charge on any atom is 0.323 e. The van der Waals surface area contributed by atoms with Crippen LogP contribution in [0.5, 0.6) is 0 Å². The maximum atomic E-state index is 13.2. The standard InChI is InChI=1S/C13H10ClFN2O3/c14-8-4-9(15)6-10(5-8)16-13(20)11-2-1-3-17(11)7-12(18)19/h1-6H,7H2,(H,16,20)(H,18,19). The molecule has 20 heavy (non-hydrogen) atoms. The number of carboxylic acids is 1. The van der Waals surface area contributed by atoms with Gasteiger partial charge in [0.2, 0.25) is 0 Å². The SMILES string of the molecule is O=C(O)Cn1cccc1C(=O)Nc1cc(F)cc(Cl)c1. The molecule has 1 heterocycles. The summed E-state index contributed by atoms with van der Waals surface area (Å²) in [4.78, 5) is 22.7. The average molecular weight is 297 g/mol. The molecule has 1 aromatic carbocycles. The van der Waals surface area contributed by atoms with E-state index in [4.69, 9.17) is 16.7 Å². The Balaban J connectivity index is 2.20. The summed E-state index contributed by atoms with van der Waals surface area (Å²) in [7, 11) is 0. The van der Waals surface area contributed by atoms with E-state index in [1.807, 2.05) is 0 Å². The number of aromatic nitrogens is 1. The average Bonchev–Trinajstić information content (AvgIpc) is 2.74. The fraction of sp³-hybridized carbons (Fsp3) is 0.0769. The molecule has 0 saturated heterocycles. The number of anilines is 1. The van der Waals surface area contributed by atoms with Crippen molar-refractivity contribution in [2.45, 2.75) is 6.54 Å². The highest BCUT2D eigenvalue weighted by Gasteiger charge is 2.13. The number of hydrogen-bond donors (Lipinski definition) is 2. The Labute approximate surface area is 118 Å². The second-order valence-electron chi connectivity index (χ2n) is 4.03. The summed E-state index contributed by atoms with van der Waals surface area (Å²) < 4.78 is 14.4. The molecule has 0 fully saturated rings. The van der Waals surface area contributed by atoms with Crippen LogP contribution >= 0.6 is 11.6 Å². The van der Waals surface area contributed by atoms with E-state index < -0.39 is 17.7 Å². The van der Waals surface area contributed by atoms with Gasteiger partial charge in [0.25, 0.3) is 5.91 Å². The zero-order valence-electron chi connectivity index (χ0n) is 10.1. The van der Waals surface area contributed by atoms with Gasteiger partial charge < -0.3 is 15.0 Å². The number of nitrogens with zero attached hydrogens (tertiary/aromatic N) is 1. The van der Waals surface area contributed by atoms with Crippen LogP contribution in [0.25, 0.3) is 0 Å². The van der Waals surface area contributed by atoms with Gasteiger partial charge in [-0.25, -0.2) is 4.39 Å². The fourth-order valence-electron chi connectivity index (χ4n) is 1.72. The Morgan fingerprint density at radius 1 is 1.35 bits per heavy atom. The monoisotopic (exact) mass is 296 g/mol. The molecule has 1 aromatic heterocycles. The Morgan fingerprint density at radius 3 is 2.75 bits per heavy atom. The van der Waals surface area contributed by atoms with Crippen molar-refractivity contribution in [2.24, 2.45) is 0 Å². The third-order valence-electron chi connectivity index (χ3n) is 2.49. The van der Waals surface area contributed by atoms with Crippen LogP contribution in [0.3, 0.4) is 0 Å². The minimum Gasteiger partial charge on any atom is -0.480 e. The zero-order valence-corrected chi connectivity index (χ0v) is 10.9. The fourth-order valence-corrected chi connectivity index (χ4v) is 1.95.